The first kappa shape index (κ1) is 15.2. The second-order valence-electron chi connectivity index (χ2n) is 5.69. The maximum Gasteiger partial charge on any atom is 0.279 e. The second kappa shape index (κ2) is 6.49. The lowest BCUT2D eigenvalue weighted by Gasteiger charge is -2.30. The molecular weight excluding hydrogens is 264 g/mol. The predicted octanol–water partition coefficient (Wildman–Crippen LogP) is -0.414. The van der Waals surface area contributed by atoms with Gasteiger partial charge in [0.05, 0.1) is 0 Å². The van der Waals surface area contributed by atoms with Gasteiger partial charge in [-0.2, -0.15) is 12.7 Å². The SMILES string of the molecule is CN(CCNS(=O)(=O)N1CCC(CN)CC1)C1CC1. The minimum atomic E-state index is -3.30. The van der Waals surface area contributed by atoms with Crippen LogP contribution in [0.4, 0.5) is 0 Å². The summed E-state index contributed by atoms with van der Waals surface area (Å²) in [7, 11) is -1.25. The lowest BCUT2D eigenvalue weighted by molar-refractivity contribution is 0.274. The summed E-state index contributed by atoms with van der Waals surface area (Å²) in [4.78, 5) is 2.23. The molecule has 3 N–H and O–H groups in total. The minimum Gasteiger partial charge on any atom is -0.330 e. The Kier molecular flexibility index (Phi) is 5.19. The number of hydrogen-bond donors (Lipinski definition) is 2. The Morgan fingerprint density at radius 1 is 1.26 bits per heavy atom. The molecule has 0 amide bonds. The van der Waals surface area contributed by atoms with Gasteiger partial charge in [-0.05, 0) is 45.2 Å². The first-order valence-corrected chi connectivity index (χ1v) is 8.62. The third-order valence-electron chi connectivity index (χ3n) is 4.17. The summed E-state index contributed by atoms with van der Waals surface area (Å²) in [6.45, 7) is 3.12. The summed E-state index contributed by atoms with van der Waals surface area (Å²) in [6.07, 6.45) is 4.24. The van der Waals surface area contributed by atoms with Crippen molar-refractivity contribution in [3.05, 3.63) is 0 Å². The quantitative estimate of drug-likeness (QED) is 0.668. The summed E-state index contributed by atoms with van der Waals surface area (Å²) in [6, 6.07) is 0.671. The smallest absolute Gasteiger partial charge is 0.279 e. The first-order valence-electron chi connectivity index (χ1n) is 7.18. The molecule has 6 nitrogen and oxygen atoms in total. The van der Waals surface area contributed by atoms with E-state index in [-0.39, 0.29) is 0 Å². The molecule has 2 rings (SSSR count). The zero-order chi connectivity index (χ0) is 13.9. The van der Waals surface area contributed by atoms with Gasteiger partial charge in [-0.15, -0.1) is 0 Å². The molecule has 7 heteroatoms. The fourth-order valence-corrected chi connectivity index (χ4v) is 3.75. The van der Waals surface area contributed by atoms with E-state index < -0.39 is 10.2 Å². The number of nitrogens with two attached hydrogens (primary N) is 1. The molecule has 0 aromatic heterocycles. The van der Waals surface area contributed by atoms with Gasteiger partial charge in [-0.25, -0.2) is 4.72 Å². The van der Waals surface area contributed by atoms with Crippen LogP contribution < -0.4 is 10.5 Å². The normalized spacial score (nSPS) is 23.1. The van der Waals surface area contributed by atoms with Crippen LogP contribution in [-0.4, -0.2) is 63.4 Å². The fourth-order valence-electron chi connectivity index (χ4n) is 2.53. The average Bonchev–Trinajstić information content (AvgIpc) is 3.23. The van der Waals surface area contributed by atoms with E-state index in [2.05, 4.69) is 16.7 Å². The van der Waals surface area contributed by atoms with E-state index in [9.17, 15) is 8.42 Å². The van der Waals surface area contributed by atoms with Crippen LogP contribution in [0.5, 0.6) is 0 Å². The molecule has 0 spiro atoms. The van der Waals surface area contributed by atoms with Crippen LogP contribution >= 0.6 is 0 Å². The van der Waals surface area contributed by atoms with E-state index in [0.29, 0.717) is 38.1 Å². The van der Waals surface area contributed by atoms with E-state index in [1.54, 1.807) is 4.31 Å². The molecule has 0 bridgehead atoms. The number of likely N-dealkylation sites (N-methyl/N-ethyl adjacent to an activating group) is 1. The number of piperidine rings is 1. The molecule has 112 valence electrons. The number of nitrogens with zero attached hydrogens (tertiary/aromatic N) is 2. The van der Waals surface area contributed by atoms with Crippen LogP contribution in [0.3, 0.4) is 0 Å². The van der Waals surface area contributed by atoms with Crippen LogP contribution in [0.15, 0.2) is 0 Å². The zero-order valence-corrected chi connectivity index (χ0v) is 12.5. The number of rotatable bonds is 7. The van der Waals surface area contributed by atoms with Gasteiger partial charge in [0.2, 0.25) is 0 Å². The molecule has 1 aliphatic heterocycles. The second-order valence-corrected chi connectivity index (χ2v) is 7.44. The Balaban J connectivity index is 1.72. The summed E-state index contributed by atoms with van der Waals surface area (Å²) in [5.74, 6) is 0.479. The Morgan fingerprint density at radius 3 is 2.42 bits per heavy atom. The summed E-state index contributed by atoms with van der Waals surface area (Å²) in [5, 5.41) is 0. The van der Waals surface area contributed by atoms with Gasteiger partial charge in [0.1, 0.15) is 0 Å². The molecule has 0 radical (unpaired) electrons. The summed E-state index contributed by atoms with van der Waals surface area (Å²) < 4.78 is 28.5. The molecule has 0 aromatic rings. The Hall–Kier alpha value is -0.210. The fraction of sp³-hybridized carbons (Fsp3) is 1.00. The van der Waals surface area contributed by atoms with Crippen molar-refractivity contribution in [2.45, 2.75) is 31.7 Å². The van der Waals surface area contributed by atoms with Crippen LogP contribution in [0.2, 0.25) is 0 Å². The molecule has 1 saturated carbocycles. The summed E-state index contributed by atoms with van der Waals surface area (Å²) >= 11 is 0. The third kappa shape index (κ3) is 4.39. The maximum atomic E-state index is 12.1. The van der Waals surface area contributed by atoms with Crippen LogP contribution in [0.25, 0.3) is 0 Å². The van der Waals surface area contributed by atoms with Crippen molar-refractivity contribution in [3.8, 4) is 0 Å². The van der Waals surface area contributed by atoms with Gasteiger partial charge in [0, 0.05) is 32.2 Å². The van der Waals surface area contributed by atoms with Gasteiger partial charge < -0.3 is 10.6 Å². The average molecular weight is 290 g/mol. The highest BCUT2D eigenvalue weighted by molar-refractivity contribution is 7.87. The highest BCUT2D eigenvalue weighted by Crippen LogP contribution is 2.24. The van der Waals surface area contributed by atoms with Crippen molar-refractivity contribution >= 4 is 10.2 Å². The van der Waals surface area contributed by atoms with Crippen LogP contribution in [0.1, 0.15) is 25.7 Å². The van der Waals surface area contributed by atoms with Crippen LogP contribution in [-0.2, 0) is 10.2 Å². The van der Waals surface area contributed by atoms with E-state index in [1.165, 1.54) is 12.8 Å². The highest BCUT2D eigenvalue weighted by Gasteiger charge is 2.28. The molecule has 2 fully saturated rings. The van der Waals surface area contributed by atoms with Gasteiger partial charge in [-0.3, -0.25) is 0 Å². The van der Waals surface area contributed by atoms with Crippen molar-refractivity contribution in [2.75, 3.05) is 39.8 Å². The third-order valence-corrected chi connectivity index (χ3v) is 5.78. The van der Waals surface area contributed by atoms with Gasteiger partial charge in [0.25, 0.3) is 10.2 Å². The molecular formula is C12H26N4O2S. The van der Waals surface area contributed by atoms with E-state index in [4.69, 9.17) is 5.73 Å². The van der Waals surface area contributed by atoms with Crippen molar-refractivity contribution in [2.24, 2.45) is 11.7 Å². The maximum absolute atomic E-state index is 12.1. The molecule has 0 atom stereocenters. The lowest BCUT2D eigenvalue weighted by Crippen LogP contribution is -2.47. The van der Waals surface area contributed by atoms with E-state index in [1.807, 2.05) is 0 Å². The Labute approximate surface area is 116 Å². The highest BCUT2D eigenvalue weighted by atomic mass is 32.2. The molecule has 1 saturated heterocycles. The standard InChI is InChI=1S/C12H26N4O2S/c1-15(12-2-3-12)9-6-14-19(17,18)16-7-4-11(10-13)5-8-16/h11-12,14H,2-10,13H2,1H3. The molecule has 19 heavy (non-hydrogen) atoms. The molecule has 1 aliphatic carbocycles. The molecule has 0 aromatic carbocycles. The molecule has 0 unspecified atom stereocenters. The van der Waals surface area contributed by atoms with Gasteiger partial charge in [0.15, 0.2) is 0 Å². The minimum absolute atomic E-state index is 0.479. The topological polar surface area (TPSA) is 78.7 Å². The van der Waals surface area contributed by atoms with Crippen molar-refractivity contribution in [3.63, 3.8) is 0 Å². The number of nitrogens with one attached hydrogen (secondary N) is 1. The Bertz CT molecular complexity index is 375. The van der Waals surface area contributed by atoms with Crippen molar-refractivity contribution in [1.82, 2.24) is 13.9 Å². The number of hydrogen-bond acceptors (Lipinski definition) is 4. The molecule has 2 aliphatic rings. The predicted molar refractivity (Wildman–Crippen MR) is 75.9 cm³/mol. The zero-order valence-electron chi connectivity index (χ0n) is 11.7. The van der Waals surface area contributed by atoms with E-state index >= 15 is 0 Å². The largest absolute Gasteiger partial charge is 0.330 e. The monoisotopic (exact) mass is 290 g/mol. The summed E-state index contributed by atoms with van der Waals surface area (Å²) in [5.41, 5.74) is 5.62. The van der Waals surface area contributed by atoms with Crippen molar-refractivity contribution in [1.29, 1.82) is 0 Å². The van der Waals surface area contributed by atoms with E-state index in [0.717, 1.165) is 19.4 Å². The molecule has 1 heterocycles. The van der Waals surface area contributed by atoms with Crippen molar-refractivity contribution < 1.29 is 8.42 Å². The van der Waals surface area contributed by atoms with Gasteiger partial charge in [-0.1, -0.05) is 0 Å². The lowest BCUT2D eigenvalue weighted by atomic mass is 9.99. The Morgan fingerprint density at radius 2 is 1.89 bits per heavy atom. The van der Waals surface area contributed by atoms with Gasteiger partial charge >= 0.3 is 0 Å². The van der Waals surface area contributed by atoms with Crippen LogP contribution in [0, 0.1) is 5.92 Å². The first-order chi connectivity index (χ1) is 9.03.